The fourth-order valence-electron chi connectivity index (χ4n) is 3.75. The molecule has 3 aliphatic rings. The molecule has 0 aromatic carbocycles. The maximum Gasteiger partial charge on any atom is 0.0224 e. The molecule has 0 radical (unpaired) electrons. The standard InChI is InChI=1S/C13H25N3/c1-11-7-13(9-14-8-11)16-6-5-15-4-2-3-12(15)10-16/h11-14H,2-10H2,1H3. The minimum absolute atomic E-state index is 0.812. The molecule has 0 saturated carbocycles. The summed E-state index contributed by atoms with van der Waals surface area (Å²) >= 11 is 0. The first-order chi connectivity index (χ1) is 7.83. The number of piperazine rings is 1. The number of piperidine rings is 1. The van der Waals surface area contributed by atoms with E-state index in [1.165, 1.54) is 58.5 Å². The van der Waals surface area contributed by atoms with Crippen LogP contribution in [0.3, 0.4) is 0 Å². The van der Waals surface area contributed by atoms with E-state index in [9.17, 15) is 0 Å². The zero-order valence-electron chi connectivity index (χ0n) is 10.5. The van der Waals surface area contributed by atoms with Gasteiger partial charge in [0.05, 0.1) is 0 Å². The molecule has 3 atom stereocenters. The number of rotatable bonds is 1. The van der Waals surface area contributed by atoms with Crippen molar-refractivity contribution in [1.82, 2.24) is 15.1 Å². The molecule has 3 aliphatic heterocycles. The Morgan fingerprint density at radius 2 is 1.88 bits per heavy atom. The molecule has 3 saturated heterocycles. The van der Waals surface area contributed by atoms with E-state index < -0.39 is 0 Å². The molecule has 3 fully saturated rings. The van der Waals surface area contributed by atoms with Crippen LogP contribution >= 0.6 is 0 Å². The highest BCUT2D eigenvalue weighted by molar-refractivity contribution is 4.91. The second-order valence-electron chi connectivity index (χ2n) is 5.98. The maximum absolute atomic E-state index is 3.59. The largest absolute Gasteiger partial charge is 0.315 e. The van der Waals surface area contributed by atoms with E-state index in [2.05, 4.69) is 22.0 Å². The summed E-state index contributed by atoms with van der Waals surface area (Å²) in [4.78, 5) is 5.46. The monoisotopic (exact) mass is 223 g/mol. The van der Waals surface area contributed by atoms with E-state index in [1.54, 1.807) is 0 Å². The molecule has 3 unspecified atom stereocenters. The Kier molecular flexibility index (Phi) is 3.18. The molecule has 0 aliphatic carbocycles. The molecule has 3 nitrogen and oxygen atoms in total. The smallest absolute Gasteiger partial charge is 0.0224 e. The Bertz CT molecular complexity index is 243. The SMILES string of the molecule is CC1CNCC(N2CCN3CCCC3C2)C1. The van der Waals surface area contributed by atoms with E-state index in [4.69, 9.17) is 0 Å². The molecule has 0 bridgehead atoms. The van der Waals surface area contributed by atoms with Gasteiger partial charge < -0.3 is 5.32 Å². The third-order valence-corrected chi connectivity index (χ3v) is 4.68. The lowest BCUT2D eigenvalue weighted by molar-refractivity contribution is 0.0547. The molecule has 16 heavy (non-hydrogen) atoms. The van der Waals surface area contributed by atoms with Gasteiger partial charge in [-0.25, -0.2) is 0 Å². The molecule has 3 rings (SSSR count). The number of nitrogens with one attached hydrogen (secondary N) is 1. The lowest BCUT2D eigenvalue weighted by Crippen LogP contribution is -2.57. The van der Waals surface area contributed by atoms with Crippen LogP contribution in [-0.4, -0.2) is 61.2 Å². The van der Waals surface area contributed by atoms with Crippen LogP contribution in [0, 0.1) is 5.92 Å². The predicted molar refractivity (Wildman–Crippen MR) is 66.6 cm³/mol. The van der Waals surface area contributed by atoms with Gasteiger partial charge in [-0.05, 0) is 38.3 Å². The summed E-state index contributed by atoms with van der Waals surface area (Å²) < 4.78 is 0. The van der Waals surface area contributed by atoms with Gasteiger partial charge in [0, 0.05) is 38.3 Å². The summed E-state index contributed by atoms with van der Waals surface area (Å²) in [6, 6.07) is 1.69. The number of fused-ring (bicyclic) bond motifs is 1. The van der Waals surface area contributed by atoms with Gasteiger partial charge in [0.25, 0.3) is 0 Å². The van der Waals surface area contributed by atoms with Crippen molar-refractivity contribution < 1.29 is 0 Å². The quantitative estimate of drug-likeness (QED) is 0.708. The van der Waals surface area contributed by atoms with Gasteiger partial charge in [0.15, 0.2) is 0 Å². The van der Waals surface area contributed by atoms with Gasteiger partial charge in [0.1, 0.15) is 0 Å². The van der Waals surface area contributed by atoms with Crippen molar-refractivity contribution in [3.05, 3.63) is 0 Å². The Morgan fingerprint density at radius 3 is 2.75 bits per heavy atom. The second kappa shape index (κ2) is 4.63. The van der Waals surface area contributed by atoms with E-state index in [0.717, 1.165) is 18.0 Å². The van der Waals surface area contributed by atoms with Gasteiger partial charge >= 0.3 is 0 Å². The van der Waals surface area contributed by atoms with Crippen LogP contribution in [-0.2, 0) is 0 Å². The fourth-order valence-corrected chi connectivity index (χ4v) is 3.75. The van der Waals surface area contributed by atoms with Crippen LogP contribution < -0.4 is 5.32 Å². The van der Waals surface area contributed by atoms with Crippen LogP contribution in [0.1, 0.15) is 26.2 Å². The summed E-state index contributed by atoms with van der Waals surface area (Å²) in [7, 11) is 0. The zero-order valence-corrected chi connectivity index (χ0v) is 10.5. The topological polar surface area (TPSA) is 18.5 Å². The second-order valence-corrected chi connectivity index (χ2v) is 5.98. The summed E-state index contributed by atoms with van der Waals surface area (Å²) in [6.07, 6.45) is 4.27. The summed E-state index contributed by atoms with van der Waals surface area (Å²) in [5, 5.41) is 3.59. The van der Waals surface area contributed by atoms with E-state index >= 15 is 0 Å². The van der Waals surface area contributed by atoms with E-state index in [-0.39, 0.29) is 0 Å². The lowest BCUT2D eigenvalue weighted by Gasteiger charge is -2.44. The predicted octanol–water partition coefficient (Wildman–Crippen LogP) is 0.764. The highest BCUT2D eigenvalue weighted by atomic mass is 15.3. The molecule has 0 amide bonds. The van der Waals surface area contributed by atoms with Crippen LogP contribution in [0.15, 0.2) is 0 Å². The van der Waals surface area contributed by atoms with Gasteiger partial charge in [-0.2, -0.15) is 0 Å². The summed E-state index contributed by atoms with van der Waals surface area (Å²) in [6.45, 7) is 10.1. The van der Waals surface area contributed by atoms with Gasteiger partial charge in [-0.15, -0.1) is 0 Å². The third kappa shape index (κ3) is 2.13. The lowest BCUT2D eigenvalue weighted by atomic mass is 9.95. The fraction of sp³-hybridized carbons (Fsp3) is 1.00. The molecule has 0 spiro atoms. The molecular weight excluding hydrogens is 198 g/mol. The zero-order chi connectivity index (χ0) is 11.0. The minimum Gasteiger partial charge on any atom is -0.315 e. The van der Waals surface area contributed by atoms with Gasteiger partial charge in [-0.1, -0.05) is 6.92 Å². The van der Waals surface area contributed by atoms with Crippen LogP contribution in [0.5, 0.6) is 0 Å². The van der Waals surface area contributed by atoms with Gasteiger partial charge in [-0.3, -0.25) is 9.80 Å². The Morgan fingerprint density at radius 1 is 1.00 bits per heavy atom. The third-order valence-electron chi connectivity index (χ3n) is 4.68. The average Bonchev–Trinajstić information content (AvgIpc) is 2.75. The number of hydrogen-bond acceptors (Lipinski definition) is 3. The maximum atomic E-state index is 3.59. The first-order valence-electron chi connectivity index (χ1n) is 7.02. The summed E-state index contributed by atoms with van der Waals surface area (Å²) in [5.74, 6) is 0.861. The highest BCUT2D eigenvalue weighted by Crippen LogP contribution is 2.25. The van der Waals surface area contributed by atoms with Crippen LogP contribution in [0.4, 0.5) is 0 Å². The Balaban J connectivity index is 1.58. The normalized spacial score (nSPS) is 42.2. The van der Waals surface area contributed by atoms with Crippen molar-refractivity contribution in [2.45, 2.75) is 38.3 Å². The molecule has 1 N–H and O–H groups in total. The number of nitrogens with zero attached hydrogens (tertiary/aromatic N) is 2. The molecule has 0 aromatic heterocycles. The van der Waals surface area contributed by atoms with Crippen LogP contribution in [0.25, 0.3) is 0 Å². The van der Waals surface area contributed by atoms with E-state index in [1.807, 2.05) is 0 Å². The van der Waals surface area contributed by atoms with Gasteiger partial charge in [0.2, 0.25) is 0 Å². The molecule has 3 heteroatoms. The van der Waals surface area contributed by atoms with Crippen molar-refractivity contribution in [1.29, 1.82) is 0 Å². The first kappa shape index (κ1) is 11.0. The van der Waals surface area contributed by atoms with Crippen molar-refractivity contribution in [3.8, 4) is 0 Å². The van der Waals surface area contributed by atoms with Crippen LogP contribution in [0.2, 0.25) is 0 Å². The Labute approximate surface area is 99.2 Å². The highest BCUT2D eigenvalue weighted by Gasteiger charge is 2.34. The molecule has 92 valence electrons. The average molecular weight is 223 g/mol. The molecular formula is C13H25N3. The van der Waals surface area contributed by atoms with Crippen molar-refractivity contribution in [3.63, 3.8) is 0 Å². The first-order valence-corrected chi connectivity index (χ1v) is 7.02. The Hall–Kier alpha value is -0.120. The molecule has 0 aromatic rings. The minimum atomic E-state index is 0.812. The number of hydrogen-bond donors (Lipinski definition) is 1. The van der Waals surface area contributed by atoms with Crippen molar-refractivity contribution in [2.75, 3.05) is 39.3 Å². The van der Waals surface area contributed by atoms with Crippen molar-refractivity contribution in [2.24, 2.45) is 5.92 Å². The van der Waals surface area contributed by atoms with Crippen molar-refractivity contribution >= 4 is 0 Å². The summed E-state index contributed by atoms with van der Waals surface area (Å²) in [5.41, 5.74) is 0. The van der Waals surface area contributed by atoms with E-state index in [0.29, 0.717) is 0 Å². The molecule has 3 heterocycles.